The maximum atomic E-state index is 12.2. The molecule has 39 nitrogen and oxygen atoms in total. The molecule has 0 spiro atoms. The normalized spacial score (nSPS) is 9.65. The van der Waals surface area contributed by atoms with Crippen LogP contribution in [0.15, 0.2) is 241 Å². The van der Waals surface area contributed by atoms with Crippen molar-refractivity contribution in [2.45, 2.75) is 102 Å². The molecule has 10 heterocycles. The van der Waals surface area contributed by atoms with Gasteiger partial charge in [-0.25, -0.2) is 59.9 Å². The monoisotopic (exact) mass is 2540 g/mol. The minimum atomic E-state index is -4.01. The number of aromatic nitrogens is 12. The van der Waals surface area contributed by atoms with Gasteiger partial charge in [0.2, 0.25) is 23.6 Å². The predicted octanol–water partition coefficient (Wildman–Crippen LogP) is 18.2. The number of anilines is 2. The van der Waals surface area contributed by atoms with Gasteiger partial charge in [0.1, 0.15) is 78.7 Å². The van der Waals surface area contributed by atoms with Gasteiger partial charge in [-0.2, -0.15) is 16.8 Å². The number of carbonyl (C=O) groups is 8. The van der Waals surface area contributed by atoms with E-state index < -0.39 is 20.2 Å². The number of hydroxylamine groups is 2. The molecule has 0 atom stereocenters. The van der Waals surface area contributed by atoms with Crippen LogP contribution >= 0.6 is 125 Å². The first kappa shape index (κ1) is 146. The van der Waals surface area contributed by atoms with Gasteiger partial charge >= 0.3 is 39.1 Å². The van der Waals surface area contributed by atoms with Crippen LogP contribution in [0.5, 0.6) is 46.0 Å². The van der Waals surface area contributed by atoms with Crippen LogP contribution in [0.2, 0.25) is 0 Å². The number of ketones is 7. The number of nitrogens with two attached hydrogens (primary N) is 2. The zero-order chi connectivity index (χ0) is 106. The number of ether oxygens (including phenoxy) is 4. The van der Waals surface area contributed by atoms with E-state index in [-0.39, 0.29) is 180 Å². The van der Waals surface area contributed by atoms with Crippen molar-refractivity contribution in [3.63, 3.8) is 0 Å². The molecule has 12 aromatic rings. The SMILES string of the molecule is C.C.C.C.C.CC(=O)c1cc(Br)ncc1O.CC(=O)c1cc(Br)ncc1OS(=O)(=O)c1ccc(C)cc1.CI.CON(C)C(C)=O.COc1cnc(-c2ccnc(N)n2)cc1-c1ccnc(N)n1.COc1cnc(Br)cc1C(C)=O.COc1cnc(C(=O)/C=C/N(C)C)cc1C(=O)/C=C/N(C)C.COc1cnc(C(C)=O)cc1C(C)=O.Cc1ccc(S(=O)(=O)Oc2ccc(Br)nc2)cc1.ClCCl.Oc1ccc(Br)nc1.[Li+].[OH-]. The number of pyridine rings is 8. The molecular formula is C97H120Br5Cl2ILiN17O22S2. The predicted molar refractivity (Wildman–Crippen MR) is 593 cm³/mol. The van der Waals surface area contributed by atoms with Crippen LogP contribution in [0, 0.1) is 13.8 Å². The van der Waals surface area contributed by atoms with Crippen molar-refractivity contribution in [1.29, 1.82) is 0 Å². The summed E-state index contributed by atoms with van der Waals surface area (Å²) in [5.41, 5.74) is 17.9. The fourth-order valence-corrected chi connectivity index (χ4v) is 12.9. The van der Waals surface area contributed by atoms with Crippen molar-refractivity contribution in [2.75, 3.05) is 92.5 Å². The summed E-state index contributed by atoms with van der Waals surface area (Å²) in [5.74, 6) is 0.905. The van der Waals surface area contributed by atoms with E-state index in [0.29, 0.717) is 75.2 Å². The smallest absolute Gasteiger partial charge is 0.870 e. The maximum Gasteiger partial charge on any atom is 1.00 e. The van der Waals surface area contributed by atoms with E-state index in [0.717, 1.165) is 26.4 Å². The number of methoxy groups -OCH3 is 4. The Labute approximate surface area is 936 Å². The average Bonchev–Trinajstić information content (AvgIpc) is 0.803. The molecule has 7 N–H and O–H groups in total. The topological polar surface area (TPSA) is 556 Å². The van der Waals surface area contributed by atoms with Crippen LogP contribution in [0.4, 0.5) is 11.9 Å². The first-order chi connectivity index (χ1) is 66.0. The van der Waals surface area contributed by atoms with Gasteiger partial charge in [0.05, 0.1) is 135 Å². The molecule has 2 aromatic carbocycles. The van der Waals surface area contributed by atoms with Crippen molar-refractivity contribution >= 4 is 204 Å². The Kier molecular flexibility index (Phi) is 75.2. The van der Waals surface area contributed by atoms with Gasteiger partial charge in [0, 0.05) is 91.6 Å². The number of amides is 1. The maximum absolute atomic E-state index is 12.2. The van der Waals surface area contributed by atoms with Crippen molar-refractivity contribution in [1.82, 2.24) is 74.7 Å². The summed E-state index contributed by atoms with van der Waals surface area (Å²) >= 11 is 27.4. The van der Waals surface area contributed by atoms with Gasteiger partial charge in [-0.3, -0.25) is 48.2 Å². The van der Waals surface area contributed by atoms with Crippen molar-refractivity contribution < 1.29 is 122 Å². The fourth-order valence-electron chi connectivity index (χ4n) is 9.58. The molecule has 0 radical (unpaired) electrons. The molecule has 147 heavy (non-hydrogen) atoms. The first-order valence-corrected chi connectivity index (χ1v) is 49.5. The molecule has 0 aliphatic heterocycles. The Hall–Kier alpha value is -11.8. The molecule has 0 aliphatic rings. The molecule has 0 aliphatic carbocycles. The number of hydrogen-bond donors (Lipinski definition) is 4. The number of aryl methyl sites for hydroxylation is 2. The molecule has 0 saturated heterocycles. The van der Waals surface area contributed by atoms with Gasteiger partial charge in [0.15, 0.2) is 46.2 Å². The minimum absolute atomic E-state index is 0. The molecule has 1 amide bonds. The summed E-state index contributed by atoms with van der Waals surface area (Å²) in [6.07, 6.45) is 20.3. The number of alkyl halides is 3. The number of allylic oxidation sites excluding steroid dienone is 2. The zero-order valence-corrected chi connectivity index (χ0v) is 93.4. The second-order valence-electron chi connectivity index (χ2n) is 27.4. The first-order valence-electron chi connectivity index (χ1n) is 39.5. The van der Waals surface area contributed by atoms with Crippen LogP contribution in [-0.4, -0.2) is 235 Å². The van der Waals surface area contributed by atoms with E-state index in [4.69, 9.17) is 72.2 Å². The summed E-state index contributed by atoms with van der Waals surface area (Å²) < 4.78 is 81.6. The number of nitrogen functional groups attached to an aromatic ring is 2. The van der Waals surface area contributed by atoms with Crippen molar-refractivity contribution in [3.05, 3.63) is 281 Å². The van der Waals surface area contributed by atoms with E-state index in [2.05, 4.69) is 167 Å². The number of Topliss-reactive ketones (excluding diaryl/α,β-unsaturated/α-hetero) is 5. The fraction of sp³-hybridized carbons (Fsp3) is 0.258. The number of carbonyl (C=O) groups excluding carboxylic acids is 8. The molecule has 10 aromatic heterocycles. The summed E-state index contributed by atoms with van der Waals surface area (Å²) in [7, 11) is 8.44. The molecule has 12 rings (SSSR count). The van der Waals surface area contributed by atoms with E-state index in [9.17, 15) is 55.2 Å². The van der Waals surface area contributed by atoms with Crippen LogP contribution in [0.25, 0.3) is 22.6 Å². The second kappa shape index (κ2) is 75.8. The zero-order valence-electron chi connectivity index (χ0n) is 80.1. The van der Waals surface area contributed by atoms with E-state index in [1.54, 1.807) is 116 Å². The Morgan fingerprint density at radius 1 is 0.408 bits per heavy atom. The summed E-state index contributed by atoms with van der Waals surface area (Å²) in [6, 6.07) is 31.8. The molecule has 0 saturated carbocycles. The molecule has 0 fully saturated rings. The molecular weight excluding hydrogens is 2420 g/mol. The van der Waals surface area contributed by atoms with E-state index in [1.807, 2.05) is 53.0 Å². The Balaban J connectivity index is -0.000000383. The molecule has 794 valence electrons. The molecule has 0 bridgehead atoms. The van der Waals surface area contributed by atoms with Gasteiger partial charge < -0.3 is 64.3 Å². The Morgan fingerprint density at radius 3 is 1.15 bits per heavy atom. The minimum Gasteiger partial charge on any atom is -0.870 e. The van der Waals surface area contributed by atoms with E-state index in [1.165, 1.54) is 180 Å². The van der Waals surface area contributed by atoms with Gasteiger partial charge in [-0.05, 0) is 223 Å². The van der Waals surface area contributed by atoms with Gasteiger partial charge in [0.25, 0.3) is 0 Å². The van der Waals surface area contributed by atoms with Crippen LogP contribution in [0.3, 0.4) is 0 Å². The summed E-state index contributed by atoms with van der Waals surface area (Å²) in [4.78, 5) is 148. The quantitative estimate of drug-likeness (QED) is 0.00638. The Bertz CT molecular complexity index is 6440. The number of benzene rings is 2. The van der Waals surface area contributed by atoms with Crippen molar-refractivity contribution in [2.24, 2.45) is 0 Å². The number of nitrogens with zero attached hydrogens (tertiary/aromatic N) is 15. The summed E-state index contributed by atoms with van der Waals surface area (Å²) in [5, 5.41) is 19.1. The number of halogens is 8. The third kappa shape index (κ3) is 54.1. The van der Waals surface area contributed by atoms with Crippen molar-refractivity contribution in [3.8, 4) is 68.6 Å². The summed E-state index contributed by atoms with van der Waals surface area (Å²) in [6.45, 7) is 12.2. The Morgan fingerprint density at radius 2 is 0.769 bits per heavy atom. The third-order valence-electron chi connectivity index (χ3n) is 16.5. The van der Waals surface area contributed by atoms with E-state index >= 15 is 0 Å². The van der Waals surface area contributed by atoms with Crippen LogP contribution in [0.1, 0.15) is 163 Å². The molecule has 50 heteroatoms. The number of hydrogen-bond acceptors (Lipinski definition) is 38. The average molecular weight is 2540 g/mol. The second-order valence-corrected chi connectivity index (χ2v) is 35.3. The van der Waals surface area contributed by atoms with Crippen LogP contribution < -0.4 is 57.6 Å². The molecule has 0 unspecified atom stereocenters. The largest absolute Gasteiger partial charge is 1.00 e. The van der Waals surface area contributed by atoms with Gasteiger partial charge in [-0.15, -0.1) is 23.2 Å². The standard InChI is InChI=1S/C16H21N3O3.C14H12BrNO4S.C14H13N7O.C12H10BrNO3S.C10H11NO3.C8H8BrNO2.C7H6BrNO2.C5H4BrNO.C4H9NO2.CH2Cl2.CH3I.5CH4.Li.H2O/c1-18(2)8-6-14(20)12-10-13(17-11-16(12)22-5)15(21)7-9-19(3)4;1-9-3-5-11(6-4-9)21(18,19)20-13-8-16-14(15)7-12(13)10(2)17;1-22-12-7-19-11(10-3-5-18-14(16)21-10)6-8(12)9-2-4-17-13(15)20-9;1-9-2-5-11(6-3-9)18(15,16)17-10-4-7-12(13)14-8-10;1-6(12)8-4-9(7(2)13)11-5-10(8)14-3;1-5(11)6-3-8(9)10-4-7(6)12-2;1-4(10)5-2-7(8)9-3-6(5)11;6-5-2-1-4(8)3-7-5;1-4(6)5(2)7-3;2-1-3;1-2;;;;;;;/h6-11H,1-5H3;3-8H,1-2H3;2-7H,1H3,(H2,15,17,20)(H2,16,18,21);2-8H,1H3;4-5H,1-3H3;3-4H,1-2H3;2-3,11H,1H3;1-3,8H;1-3H3;1H2;1H3;5*1H4;;1H2/q;;;;;;;;;;;;;;;;+1;/p-1/b8-6+,9-7+;;;;;;;;;;;;;;;;;. The number of rotatable bonds is 24. The third-order valence-corrected chi connectivity index (χ3v) is 21.2. The van der Waals surface area contributed by atoms with Gasteiger partial charge in [-0.1, -0.05) is 95.1 Å². The number of aromatic hydroxyl groups is 2. The van der Waals surface area contributed by atoms with Crippen LogP contribution in [-0.2, 0) is 29.9 Å².